The lowest BCUT2D eigenvalue weighted by molar-refractivity contribution is -0.384. The molecule has 1 saturated carbocycles. The number of pyridine rings is 1. The fraction of sp³-hybridized carbons (Fsp3) is 0.615. The molecule has 0 aromatic carbocycles. The smallest absolute Gasteiger partial charge is 0.274 e. The third kappa shape index (κ3) is 2.84. The largest absolute Gasteiger partial charge is 0.352 e. The summed E-state index contributed by atoms with van der Waals surface area (Å²) in [6.45, 7) is 1.98. The molecule has 1 unspecified atom stereocenters. The maximum absolute atomic E-state index is 10.9. The van der Waals surface area contributed by atoms with Crippen molar-refractivity contribution in [3.8, 4) is 0 Å². The molecule has 102 valence electrons. The fourth-order valence-corrected chi connectivity index (χ4v) is 2.64. The topological polar surface area (TPSA) is 71.3 Å². The van der Waals surface area contributed by atoms with Gasteiger partial charge in [-0.25, -0.2) is 4.98 Å². The van der Waals surface area contributed by atoms with Gasteiger partial charge in [-0.05, 0) is 32.2 Å². The standard InChI is InChI=1S/C13H18N4O2/c18-17(19)12-5-7-15-13(8-12)16(11-3-4-11)9-10-2-1-6-14-10/h5,7-8,10-11,14H,1-4,6,9H2. The third-order valence-corrected chi connectivity index (χ3v) is 3.80. The van der Waals surface area contributed by atoms with Crippen LogP contribution in [0.4, 0.5) is 11.5 Å². The second kappa shape index (κ2) is 5.13. The van der Waals surface area contributed by atoms with Crippen LogP contribution in [0.1, 0.15) is 25.7 Å². The van der Waals surface area contributed by atoms with Crippen molar-refractivity contribution >= 4 is 11.5 Å². The fourth-order valence-electron chi connectivity index (χ4n) is 2.64. The van der Waals surface area contributed by atoms with E-state index in [1.807, 2.05) is 0 Å². The molecule has 1 aliphatic heterocycles. The van der Waals surface area contributed by atoms with Gasteiger partial charge in [0, 0.05) is 30.9 Å². The molecule has 3 rings (SSSR count). The molecule has 1 N–H and O–H groups in total. The predicted octanol–water partition coefficient (Wildman–Crippen LogP) is 1.71. The van der Waals surface area contributed by atoms with Crippen LogP contribution in [0.5, 0.6) is 0 Å². The van der Waals surface area contributed by atoms with Crippen molar-refractivity contribution in [3.05, 3.63) is 28.4 Å². The Morgan fingerprint density at radius 1 is 1.47 bits per heavy atom. The minimum atomic E-state index is -0.357. The summed E-state index contributed by atoms with van der Waals surface area (Å²) >= 11 is 0. The summed E-state index contributed by atoms with van der Waals surface area (Å²) in [6.07, 6.45) is 6.25. The predicted molar refractivity (Wildman–Crippen MR) is 72.3 cm³/mol. The van der Waals surface area contributed by atoms with Crippen LogP contribution in [0, 0.1) is 10.1 Å². The number of nitrogens with one attached hydrogen (secondary N) is 1. The first-order chi connectivity index (χ1) is 9.24. The molecule has 0 radical (unpaired) electrons. The minimum absolute atomic E-state index is 0.120. The summed E-state index contributed by atoms with van der Waals surface area (Å²) in [5.41, 5.74) is 0.120. The molecule has 0 amide bonds. The second-order valence-corrected chi connectivity index (χ2v) is 5.31. The number of hydrogen-bond donors (Lipinski definition) is 1. The highest BCUT2D eigenvalue weighted by Crippen LogP contribution is 2.32. The molecule has 1 aromatic rings. The first-order valence-electron chi connectivity index (χ1n) is 6.84. The van der Waals surface area contributed by atoms with E-state index in [1.165, 1.54) is 25.1 Å². The van der Waals surface area contributed by atoms with E-state index in [1.54, 1.807) is 6.07 Å². The van der Waals surface area contributed by atoms with Gasteiger partial charge in [-0.3, -0.25) is 10.1 Å². The second-order valence-electron chi connectivity index (χ2n) is 5.31. The Morgan fingerprint density at radius 3 is 2.95 bits per heavy atom. The van der Waals surface area contributed by atoms with E-state index in [0.29, 0.717) is 12.1 Å². The first-order valence-corrected chi connectivity index (χ1v) is 6.84. The Bertz CT molecular complexity index is 469. The SMILES string of the molecule is O=[N+]([O-])c1ccnc(N(CC2CCCN2)C2CC2)c1. The van der Waals surface area contributed by atoms with Gasteiger partial charge in [-0.2, -0.15) is 0 Å². The molecule has 2 fully saturated rings. The third-order valence-electron chi connectivity index (χ3n) is 3.80. The van der Waals surface area contributed by atoms with Gasteiger partial charge >= 0.3 is 0 Å². The zero-order chi connectivity index (χ0) is 13.2. The Morgan fingerprint density at radius 2 is 2.32 bits per heavy atom. The van der Waals surface area contributed by atoms with E-state index >= 15 is 0 Å². The molecule has 1 saturated heterocycles. The zero-order valence-electron chi connectivity index (χ0n) is 10.8. The van der Waals surface area contributed by atoms with Crippen LogP contribution in [0.15, 0.2) is 18.3 Å². The van der Waals surface area contributed by atoms with E-state index in [2.05, 4.69) is 15.2 Å². The van der Waals surface area contributed by atoms with Crippen molar-refractivity contribution in [2.45, 2.75) is 37.8 Å². The quantitative estimate of drug-likeness (QED) is 0.646. The Balaban J connectivity index is 1.78. The summed E-state index contributed by atoms with van der Waals surface area (Å²) in [5.74, 6) is 0.741. The van der Waals surface area contributed by atoms with Crippen molar-refractivity contribution in [1.29, 1.82) is 0 Å². The molecule has 6 heteroatoms. The van der Waals surface area contributed by atoms with Gasteiger partial charge in [-0.15, -0.1) is 0 Å². The van der Waals surface area contributed by atoms with Crippen molar-refractivity contribution in [1.82, 2.24) is 10.3 Å². The molecule has 2 aliphatic rings. The summed E-state index contributed by atoms with van der Waals surface area (Å²) in [7, 11) is 0. The van der Waals surface area contributed by atoms with Gasteiger partial charge in [0.05, 0.1) is 11.0 Å². The number of nitro groups is 1. The molecule has 1 atom stereocenters. The molecule has 0 bridgehead atoms. The monoisotopic (exact) mass is 262 g/mol. The van der Waals surface area contributed by atoms with Gasteiger partial charge in [0.25, 0.3) is 5.69 Å². The lowest BCUT2D eigenvalue weighted by Crippen LogP contribution is -2.39. The van der Waals surface area contributed by atoms with Crippen molar-refractivity contribution in [3.63, 3.8) is 0 Å². The van der Waals surface area contributed by atoms with E-state index in [-0.39, 0.29) is 10.6 Å². The highest BCUT2D eigenvalue weighted by Gasteiger charge is 2.32. The van der Waals surface area contributed by atoms with Crippen LogP contribution >= 0.6 is 0 Å². The molecule has 19 heavy (non-hydrogen) atoms. The van der Waals surface area contributed by atoms with Gasteiger partial charge in [-0.1, -0.05) is 0 Å². The average Bonchev–Trinajstić information content (AvgIpc) is 3.13. The van der Waals surface area contributed by atoms with Crippen molar-refractivity contribution in [2.75, 3.05) is 18.0 Å². The molecular weight excluding hydrogens is 244 g/mol. The van der Waals surface area contributed by atoms with Gasteiger partial charge in [0.2, 0.25) is 0 Å². The minimum Gasteiger partial charge on any atom is -0.352 e. The molecule has 2 heterocycles. The Kier molecular flexibility index (Phi) is 3.33. The number of anilines is 1. The molecule has 1 aromatic heterocycles. The van der Waals surface area contributed by atoms with E-state index in [9.17, 15) is 10.1 Å². The first kappa shape index (κ1) is 12.3. The summed E-state index contributed by atoms with van der Waals surface area (Å²) in [6, 6.07) is 4.04. The molecule has 0 spiro atoms. The normalized spacial score (nSPS) is 22.4. The summed E-state index contributed by atoms with van der Waals surface area (Å²) in [5, 5.41) is 14.3. The number of nitrogens with zero attached hydrogens (tertiary/aromatic N) is 3. The van der Waals surface area contributed by atoms with Gasteiger partial charge in [0.1, 0.15) is 5.82 Å². The average molecular weight is 262 g/mol. The van der Waals surface area contributed by atoms with Crippen LogP contribution in [-0.2, 0) is 0 Å². The van der Waals surface area contributed by atoms with Crippen LogP contribution in [-0.4, -0.2) is 35.1 Å². The summed E-state index contributed by atoms with van der Waals surface area (Å²) < 4.78 is 0. The maximum atomic E-state index is 10.9. The van der Waals surface area contributed by atoms with Gasteiger partial charge in [0.15, 0.2) is 0 Å². The van der Waals surface area contributed by atoms with Crippen LogP contribution in [0.2, 0.25) is 0 Å². The number of rotatable bonds is 5. The lowest BCUT2D eigenvalue weighted by Gasteiger charge is -2.26. The Hall–Kier alpha value is -1.69. The molecule has 6 nitrogen and oxygen atoms in total. The van der Waals surface area contributed by atoms with Crippen molar-refractivity contribution < 1.29 is 4.92 Å². The highest BCUT2D eigenvalue weighted by molar-refractivity contribution is 5.48. The molecular formula is C13H18N4O2. The number of hydrogen-bond acceptors (Lipinski definition) is 5. The lowest BCUT2D eigenvalue weighted by atomic mass is 10.2. The van der Waals surface area contributed by atoms with Crippen LogP contribution in [0.3, 0.4) is 0 Å². The molecule has 1 aliphatic carbocycles. The van der Waals surface area contributed by atoms with E-state index in [0.717, 1.165) is 31.7 Å². The summed E-state index contributed by atoms with van der Waals surface area (Å²) in [4.78, 5) is 17.0. The van der Waals surface area contributed by atoms with E-state index < -0.39 is 0 Å². The van der Waals surface area contributed by atoms with E-state index in [4.69, 9.17) is 0 Å². The maximum Gasteiger partial charge on any atom is 0.274 e. The van der Waals surface area contributed by atoms with Crippen LogP contribution in [0.25, 0.3) is 0 Å². The van der Waals surface area contributed by atoms with Gasteiger partial charge < -0.3 is 10.2 Å². The number of aromatic nitrogens is 1. The van der Waals surface area contributed by atoms with Crippen molar-refractivity contribution in [2.24, 2.45) is 0 Å². The zero-order valence-corrected chi connectivity index (χ0v) is 10.8. The highest BCUT2D eigenvalue weighted by atomic mass is 16.6. The Labute approximate surface area is 112 Å². The van der Waals surface area contributed by atoms with Crippen LogP contribution < -0.4 is 10.2 Å².